The predicted octanol–water partition coefficient (Wildman–Crippen LogP) is 19.7. The first-order valence-electron chi connectivity index (χ1n) is 38.9. The van der Waals surface area contributed by atoms with Crippen molar-refractivity contribution in [1.82, 2.24) is 0 Å². The summed E-state index contributed by atoms with van der Waals surface area (Å²) in [6.45, 7) is 0. The molecule has 0 saturated carbocycles. The fourth-order valence-electron chi connectivity index (χ4n) is 13.9. The van der Waals surface area contributed by atoms with Crippen LogP contribution in [-0.4, -0.2) is 0 Å². The van der Waals surface area contributed by atoms with Gasteiger partial charge in [0.2, 0.25) is 0 Å². The fraction of sp³-hybridized carbons (Fsp3) is 0. The van der Waals surface area contributed by atoms with Gasteiger partial charge in [-0.2, -0.15) is 0 Å². The minimum absolute atomic E-state index is 0. The van der Waals surface area contributed by atoms with Gasteiger partial charge in [-0.15, -0.1) is 0 Å². The second kappa shape index (κ2) is 56.4. The van der Waals surface area contributed by atoms with E-state index in [9.17, 15) is 0 Å². The Hall–Kier alpha value is -8.34. The Kier molecular flexibility index (Phi) is 46.4. The van der Waals surface area contributed by atoms with Crippen LogP contribution in [0.5, 0.6) is 0 Å². The van der Waals surface area contributed by atoms with Gasteiger partial charge in [0.1, 0.15) is 95.5 Å². The summed E-state index contributed by atoms with van der Waals surface area (Å²) < 4.78 is 0. The first-order valence-corrected chi connectivity index (χ1v) is 47.9. The molecule has 18 aromatic carbocycles. The summed E-state index contributed by atoms with van der Waals surface area (Å²) in [5, 5.41) is 25.8. The smallest absolute Gasteiger partial charge is 0.102 e. The fourth-order valence-corrected chi connectivity index (χ4v) is 29.4. The van der Waals surface area contributed by atoms with Gasteiger partial charge < -0.3 is 8.56 Å². The van der Waals surface area contributed by atoms with Crippen molar-refractivity contribution in [1.29, 1.82) is 0 Å². The van der Waals surface area contributed by atoms with E-state index in [4.69, 9.17) is 0 Å². The number of rotatable bonds is 18. The Morgan fingerprint density at radius 2 is 0.117 bits per heavy atom. The molecule has 120 heavy (non-hydrogen) atoms. The molecule has 0 spiro atoms. The van der Waals surface area contributed by atoms with E-state index in [2.05, 4.69) is 546 Å². The molecule has 18 aromatic rings. The van der Waals surface area contributed by atoms with Gasteiger partial charge in [0, 0.05) is 102 Å². The molecule has 0 fully saturated rings. The Balaban J connectivity index is 0.000000742. The standard InChI is InChI=1S/6C18H15P.6Cu.6H/c6*1-4-10-16(11-5-1)19(17-12-6-2-7-13-17)18-14-8-3-9-15-18;;;;;;;;;;;;/h6*1-15H;;;;;;;;;;;;/q;;;;;;;;;;;;6*-1/p+6. The van der Waals surface area contributed by atoms with E-state index in [1.165, 1.54) is 95.5 Å². The van der Waals surface area contributed by atoms with E-state index < -0.39 is 47.5 Å². The van der Waals surface area contributed by atoms with Gasteiger partial charge in [-0.25, -0.2) is 0 Å². The van der Waals surface area contributed by atoms with Crippen molar-refractivity contribution < 1.29 is 111 Å². The molecular formula is C108H102Cu6P6. The molecule has 18 rings (SSSR count). The molecular weight excluding hydrogens is 1860 g/mol. The Morgan fingerprint density at radius 3 is 0.158 bits per heavy atom. The maximum Gasteiger partial charge on any atom is 0.102 e. The van der Waals surface area contributed by atoms with Gasteiger partial charge >= 0.3 is 0 Å². The third-order valence-corrected chi connectivity index (χ3v) is 35.5. The molecule has 0 atom stereocenters. The third-order valence-electron chi connectivity index (χ3n) is 19.1. The van der Waals surface area contributed by atoms with E-state index in [1.54, 1.807) is 0 Å². The van der Waals surface area contributed by atoms with Gasteiger partial charge in [-0.3, -0.25) is 0 Å². The molecule has 0 aliphatic rings. The van der Waals surface area contributed by atoms with Gasteiger partial charge in [-0.1, -0.05) is 328 Å². The van der Waals surface area contributed by atoms with Crippen molar-refractivity contribution in [2.75, 3.05) is 0 Å². The molecule has 6 radical (unpaired) electrons. The number of hydrogen-bond donors (Lipinski definition) is 0. The molecule has 0 amide bonds. The first-order chi connectivity index (χ1) is 56.7. The average Bonchev–Trinajstić information content (AvgIpc) is 0.852. The summed E-state index contributed by atoms with van der Waals surface area (Å²) in [5.74, 6) is 0. The SMILES string of the molecule is [Cu].[Cu].[Cu].[Cu].[Cu].[Cu].[H-].[H-].[H-].[H-].[H-].[H-].c1ccc([PH+](c2ccccc2)c2ccccc2)cc1.c1ccc([PH+](c2ccccc2)c2ccccc2)cc1.c1ccc([PH+](c2ccccc2)c2ccccc2)cc1.c1ccc([PH+](c2ccccc2)c2ccccc2)cc1.c1ccc([PH+](c2ccccc2)c2ccccc2)cc1.c1ccc([PH+](c2ccccc2)c2ccccc2)cc1. The minimum atomic E-state index is -0.877. The monoisotopic (exact) mass is 1960 g/mol. The zero-order valence-electron chi connectivity index (χ0n) is 71.8. The Bertz CT molecular complexity index is 4130. The van der Waals surface area contributed by atoms with E-state index in [-0.39, 0.29) is 111 Å². The van der Waals surface area contributed by atoms with Crippen molar-refractivity contribution in [3.63, 3.8) is 0 Å². The maximum atomic E-state index is 2.24. The molecule has 0 aliphatic carbocycles. The molecule has 0 aliphatic heterocycles. The molecule has 0 bridgehead atoms. The second-order valence-electron chi connectivity index (χ2n) is 26.8. The largest absolute Gasteiger partial charge is 1.00 e. The summed E-state index contributed by atoms with van der Waals surface area (Å²) in [7, 11) is -5.26. The average molecular weight is 1970 g/mol. The zero-order valence-corrected chi connectivity index (χ0v) is 77.4. The molecule has 0 N–H and O–H groups in total. The van der Waals surface area contributed by atoms with Crippen LogP contribution in [0.4, 0.5) is 0 Å². The minimum Gasteiger partial charge on any atom is -1.00 e. The van der Waals surface area contributed by atoms with Gasteiger partial charge in [0.15, 0.2) is 0 Å². The molecule has 0 saturated heterocycles. The van der Waals surface area contributed by atoms with Crippen molar-refractivity contribution in [2.24, 2.45) is 0 Å². The summed E-state index contributed by atoms with van der Waals surface area (Å²) >= 11 is 0. The van der Waals surface area contributed by atoms with Crippen molar-refractivity contribution in [3.05, 3.63) is 546 Å². The molecule has 0 nitrogen and oxygen atoms in total. The summed E-state index contributed by atoms with van der Waals surface area (Å²) in [5.41, 5.74) is 0. The normalized spacial score (nSPS) is 10.1. The summed E-state index contributed by atoms with van der Waals surface area (Å²) in [4.78, 5) is 0. The number of hydrogen-bond acceptors (Lipinski definition) is 0. The Labute approximate surface area is 792 Å². The van der Waals surface area contributed by atoms with E-state index in [1.807, 2.05) is 0 Å². The molecule has 0 heterocycles. The molecule has 630 valence electrons. The molecule has 12 heteroatoms. The summed E-state index contributed by atoms with van der Waals surface area (Å²) in [6, 6.07) is 195. The van der Waals surface area contributed by atoms with Crippen LogP contribution in [-0.2, 0) is 102 Å². The van der Waals surface area contributed by atoms with Crippen molar-refractivity contribution in [3.8, 4) is 0 Å². The van der Waals surface area contributed by atoms with Crippen LogP contribution in [0.3, 0.4) is 0 Å². The zero-order chi connectivity index (χ0) is 77.5. The van der Waals surface area contributed by atoms with E-state index in [0.717, 1.165) is 0 Å². The van der Waals surface area contributed by atoms with Crippen LogP contribution in [0.15, 0.2) is 546 Å². The summed E-state index contributed by atoms with van der Waals surface area (Å²) in [6.07, 6.45) is 0. The Morgan fingerprint density at radius 1 is 0.0750 bits per heavy atom. The first kappa shape index (κ1) is 98.8. The van der Waals surface area contributed by atoms with Gasteiger partial charge in [0.05, 0.1) is 47.5 Å². The van der Waals surface area contributed by atoms with Crippen LogP contribution < -0.4 is 95.5 Å². The quantitative estimate of drug-likeness (QED) is 0.0593. The van der Waals surface area contributed by atoms with Gasteiger partial charge in [-0.05, 0) is 218 Å². The molecule has 0 aromatic heterocycles. The second-order valence-corrected chi connectivity index (χ2v) is 41.7. The van der Waals surface area contributed by atoms with Crippen molar-refractivity contribution >= 4 is 143 Å². The van der Waals surface area contributed by atoms with E-state index in [0.29, 0.717) is 0 Å². The number of benzene rings is 18. The van der Waals surface area contributed by atoms with E-state index >= 15 is 0 Å². The van der Waals surface area contributed by atoms with Crippen LogP contribution in [0.1, 0.15) is 8.56 Å². The maximum absolute atomic E-state index is 2.24. The van der Waals surface area contributed by atoms with Crippen LogP contribution in [0.2, 0.25) is 0 Å². The predicted molar refractivity (Wildman–Crippen MR) is 526 cm³/mol. The van der Waals surface area contributed by atoms with Crippen LogP contribution in [0.25, 0.3) is 0 Å². The van der Waals surface area contributed by atoms with Crippen LogP contribution in [0, 0.1) is 0 Å². The topological polar surface area (TPSA) is 0 Å². The van der Waals surface area contributed by atoms with Crippen molar-refractivity contribution in [2.45, 2.75) is 0 Å². The van der Waals surface area contributed by atoms with Crippen LogP contribution >= 0.6 is 47.5 Å². The van der Waals surface area contributed by atoms with Gasteiger partial charge in [0.25, 0.3) is 0 Å². The molecule has 0 unspecified atom stereocenters. The third kappa shape index (κ3) is 30.0.